The van der Waals surface area contributed by atoms with E-state index in [1.165, 1.54) is 0 Å². The zero-order valence-corrected chi connectivity index (χ0v) is 9.18. The number of aromatic nitrogens is 2. The first kappa shape index (κ1) is 10.5. The Morgan fingerprint density at radius 2 is 2.15 bits per heavy atom. The van der Waals surface area contributed by atoms with Gasteiger partial charge in [-0.2, -0.15) is 0 Å². The van der Waals surface area contributed by atoms with Crippen molar-refractivity contribution in [2.45, 2.75) is 6.54 Å². The molecule has 0 saturated carbocycles. The van der Waals surface area contributed by atoms with Gasteiger partial charge in [0.05, 0.1) is 5.69 Å². The molecule has 0 spiro atoms. The van der Waals surface area contributed by atoms with E-state index in [9.17, 15) is 0 Å². The van der Waals surface area contributed by atoms with E-state index >= 15 is 0 Å². The third-order valence-electron chi connectivity index (χ3n) is 1.67. The molecule has 0 aromatic carbocycles. The second kappa shape index (κ2) is 4.09. The highest BCUT2D eigenvalue weighted by atomic mass is 79.9. The molecule has 3 nitrogen and oxygen atoms in total. The Kier molecular flexibility index (Phi) is 3.30. The van der Waals surface area contributed by atoms with E-state index in [0.717, 1.165) is 15.8 Å². The van der Waals surface area contributed by atoms with Crippen LogP contribution in [0.5, 0.6) is 0 Å². The molecule has 2 aromatic rings. The van der Waals surface area contributed by atoms with Crippen LogP contribution in [0.4, 0.5) is 0 Å². The Balaban J connectivity index is 0.000000845. The Morgan fingerprint density at radius 1 is 1.38 bits per heavy atom. The zero-order valence-electron chi connectivity index (χ0n) is 6.77. The van der Waals surface area contributed by atoms with Crippen LogP contribution in [0.25, 0.3) is 5.65 Å². The van der Waals surface area contributed by atoms with E-state index in [1.54, 1.807) is 0 Å². The highest BCUT2D eigenvalue weighted by Gasteiger charge is 1.98. The van der Waals surface area contributed by atoms with Gasteiger partial charge >= 0.3 is 0 Å². The summed E-state index contributed by atoms with van der Waals surface area (Å²) in [5.74, 6) is 0. The maximum Gasteiger partial charge on any atom is 0.137 e. The van der Waals surface area contributed by atoms with Gasteiger partial charge in [-0.3, -0.25) is 0 Å². The average molecular weight is 263 g/mol. The van der Waals surface area contributed by atoms with Crippen molar-refractivity contribution in [1.82, 2.24) is 9.38 Å². The molecule has 0 radical (unpaired) electrons. The Morgan fingerprint density at radius 3 is 2.85 bits per heavy atom. The number of hydrogen-bond acceptors (Lipinski definition) is 2. The number of rotatable bonds is 1. The van der Waals surface area contributed by atoms with Gasteiger partial charge in [0.15, 0.2) is 0 Å². The summed E-state index contributed by atoms with van der Waals surface area (Å²) >= 11 is 3.38. The minimum atomic E-state index is 0. The summed E-state index contributed by atoms with van der Waals surface area (Å²) in [5.41, 5.74) is 7.30. The largest absolute Gasteiger partial charge is 0.325 e. The molecular weight excluding hydrogens is 253 g/mol. The molecule has 0 aliphatic heterocycles. The molecule has 5 heteroatoms. The Labute approximate surface area is 90.5 Å². The summed E-state index contributed by atoms with van der Waals surface area (Å²) in [6.45, 7) is 0.485. The summed E-state index contributed by atoms with van der Waals surface area (Å²) in [4.78, 5) is 4.29. The Hall–Kier alpha value is -0.580. The van der Waals surface area contributed by atoms with Crippen LogP contribution in [0.15, 0.2) is 29.0 Å². The molecule has 0 fully saturated rings. The normalized spacial score (nSPS) is 10.0. The van der Waals surface area contributed by atoms with E-state index in [2.05, 4.69) is 20.9 Å². The van der Waals surface area contributed by atoms with Crippen LogP contribution < -0.4 is 5.73 Å². The molecule has 2 rings (SSSR count). The van der Waals surface area contributed by atoms with E-state index < -0.39 is 0 Å². The van der Waals surface area contributed by atoms with Crippen molar-refractivity contribution >= 4 is 34.0 Å². The topological polar surface area (TPSA) is 43.3 Å². The van der Waals surface area contributed by atoms with Crippen molar-refractivity contribution in [1.29, 1.82) is 0 Å². The van der Waals surface area contributed by atoms with Crippen LogP contribution in [-0.4, -0.2) is 9.38 Å². The Bertz CT molecular complexity index is 413. The fourth-order valence-corrected chi connectivity index (χ4v) is 1.47. The standard InChI is InChI=1S/C8H8BrN3.ClH/c9-6-1-2-8-11-7(3-10)5-12(8)4-6;/h1-2,4-5H,3,10H2;1H. The number of halogens is 2. The molecule has 2 aromatic heterocycles. The number of nitrogens with zero attached hydrogens (tertiary/aromatic N) is 2. The van der Waals surface area contributed by atoms with Crippen molar-refractivity contribution in [3.05, 3.63) is 34.7 Å². The predicted octanol–water partition coefficient (Wildman–Crippen LogP) is 1.98. The summed E-state index contributed by atoms with van der Waals surface area (Å²) in [5, 5.41) is 0. The molecule has 70 valence electrons. The molecule has 0 aliphatic rings. The van der Waals surface area contributed by atoms with Crippen molar-refractivity contribution in [3.63, 3.8) is 0 Å². The summed E-state index contributed by atoms with van der Waals surface area (Å²) in [7, 11) is 0. The van der Waals surface area contributed by atoms with Crippen LogP contribution in [0, 0.1) is 0 Å². The van der Waals surface area contributed by atoms with Crippen LogP contribution in [-0.2, 0) is 6.54 Å². The van der Waals surface area contributed by atoms with Crippen LogP contribution in [0.2, 0.25) is 0 Å². The summed E-state index contributed by atoms with van der Waals surface area (Å²) in [6, 6.07) is 3.91. The minimum absolute atomic E-state index is 0. The second-order valence-electron chi connectivity index (χ2n) is 2.55. The van der Waals surface area contributed by atoms with Gasteiger partial charge in [-0.25, -0.2) is 4.98 Å². The third kappa shape index (κ3) is 2.02. The van der Waals surface area contributed by atoms with Gasteiger partial charge < -0.3 is 10.1 Å². The van der Waals surface area contributed by atoms with Gasteiger partial charge in [-0.05, 0) is 28.1 Å². The molecule has 0 atom stereocenters. The van der Waals surface area contributed by atoms with Gasteiger partial charge in [0.2, 0.25) is 0 Å². The number of pyridine rings is 1. The van der Waals surface area contributed by atoms with Crippen LogP contribution in [0.3, 0.4) is 0 Å². The fraction of sp³-hybridized carbons (Fsp3) is 0.125. The minimum Gasteiger partial charge on any atom is -0.325 e. The first-order chi connectivity index (χ1) is 5.79. The van der Waals surface area contributed by atoms with Crippen LogP contribution in [0.1, 0.15) is 5.69 Å². The molecule has 0 bridgehead atoms. The lowest BCUT2D eigenvalue weighted by Gasteiger charge is -1.91. The number of imidazole rings is 1. The lowest BCUT2D eigenvalue weighted by Crippen LogP contribution is -1.95. The number of fused-ring (bicyclic) bond motifs is 1. The van der Waals surface area contributed by atoms with E-state index in [4.69, 9.17) is 5.73 Å². The van der Waals surface area contributed by atoms with Crippen molar-refractivity contribution < 1.29 is 0 Å². The summed E-state index contributed by atoms with van der Waals surface area (Å²) in [6.07, 6.45) is 3.89. The quantitative estimate of drug-likeness (QED) is 0.854. The van der Waals surface area contributed by atoms with E-state index in [1.807, 2.05) is 28.9 Å². The lowest BCUT2D eigenvalue weighted by atomic mass is 10.5. The highest BCUT2D eigenvalue weighted by molar-refractivity contribution is 9.10. The predicted molar refractivity (Wildman–Crippen MR) is 58.0 cm³/mol. The molecule has 0 saturated heterocycles. The highest BCUT2D eigenvalue weighted by Crippen LogP contribution is 2.11. The number of nitrogens with two attached hydrogens (primary N) is 1. The van der Waals surface area contributed by atoms with Crippen molar-refractivity contribution in [2.24, 2.45) is 5.73 Å². The molecule has 0 amide bonds. The lowest BCUT2D eigenvalue weighted by molar-refractivity contribution is 1.01. The maximum atomic E-state index is 5.46. The smallest absolute Gasteiger partial charge is 0.137 e. The maximum absolute atomic E-state index is 5.46. The molecular formula is C8H9BrClN3. The number of hydrogen-bond donors (Lipinski definition) is 1. The van der Waals surface area contributed by atoms with Crippen LogP contribution >= 0.6 is 28.3 Å². The van der Waals surface area contributed by atoms with Crippen molar-refractivity contribution in [2.75, 3.05) is 0 Å². The fourth-order valence-electron chi connectivity index (χ4n) is 1.12. The molecule has 0 aliphatic carbocycles. The third-order valence-corrected chi connectivity index (χ3v) is 2.14. The molecule has 0 unspecified atom stereocenters. The second-order valence-corrected chi connectivity index (χ2v) is 3.46. The van der Waals surface area contributed by atoms with Crippen molar-refractivity contribution in [3.8, 4) is 0 Å². The molecule has 13 heavy (non-hydrogen) atoms. The first-order valence-corrected chi connectivity index (χ1v) is 4.42. The van der Waals surface area contributed by atoms with Gasteiger partial charge in [-0.15, -0.1) is 12.4 Å². The SMILES string of the molecule is Cl.NCc1cn2cc(Br)ccc2n1. The monoisotopic (exact) mass is 261 g/mol. The van der Waals surface area contributed by atoms with Gasteiger partial charge in [0.25, 0.3) is 0 Å². The van der Waals surface area contributed by atoms with Gasteiger partial charge in [0.1, 0.15) is 5.65 Å². The first-order valence-electron chi connectivity index (χ1n) is 3.63. The van der Waals surface area contributed by atoms with Gasteiger partial charge in [0, 0.05) is 23.4 Å². The molecule has 2 heterocycles. The van der Waals surface area contributed by atoms with E-state index in [0.29, 0.717) is 6.54 Å². The zero-order chi connectivity index (χ0) is 8.55. The molecule has 2 N–H and O–H groups in total. The van der Waals surface area contributed by atoms with Gasteiger partial charge in [-0.1, -0.05) is 0 Å². The average Bonchev–Trinajstić information content (AvgIpc) is 2.46. The van der Waals surface area contributed by atoms with E-state index in [-0.39, 0.29) is 12.4 Å². The summed E-state index contributed by atoms with van der Waals surface area (Å²) < 4.78 is 2.99.